The molecule has 0 aliphatic carbocycles. The Morgan fingerprint density at radius 2 is 1.78 bits per heavy atom. The Hall–Kier alpha value is -0.123. The fourth-order valence-electron chi connectivity index (χ4n) is 0.353. The zero-order valence-electron chi connectivity index (χ0n) is 6.48. The molecule has 1 N–H and O–H groups in total. The molecular formula is C6H16O2Si. The Kier molecular flexibility index (Phi) is 7.77. The molecule has 2 nitrogen and oxygen atoms in total. The van der Waals surface area contributed by atoms with E-state index in [-0.39, 0.29) is 0 Å². The van der Waals surface area contributed by atoms with Gasteiger partial charge in [-0.25, -0.2) is 0 Å². The van der Waals surface area contributed by atoms with Gasteiger partial charge in [0.1, 0.15) is 0 Å². The summed E-state index contributed by atoms with van der Waals surface area (Å²) in [6, 6.07) is 0. The van der Waals surface area contributed by atoms with Crippen LogP contribution >= 0.6 is 0 Å². The van der Waals surface area contributed by atoms with Gasteiger partial charge in [-0.3, -0.25) is 0 Å². The normalized spacial score (nSPS) is 9.78. The van der Waals surface area contributed by atoms with Crippen LogP contribution in [0.5, 0.6) is 0 Å². The number of rotatable bonds is 2. The van der Waals surface area contributed by atoms with Gasteiger partial charge < -0.3 is 9.53 Å². The van der Waals surface area contributed by atoms with Gasteiger partial charge in [0.2, 0.25) is 8.32 Å². The molecule has 0 amide bonds. The topological polar surface area (TPSA) is 29.5 Å². The van der Waals surface area contributed by atoms with Crippen molar-refractivity contribution in [3.05, 3.63) is 13.2 Å². The maximum atomic E-state index is 9.03. The van der Waals surface area contributed by atoms with E-state index in [1.54, 1.807) is 7.11 Å². The largest absolute Gasteiger partial charge is 0.430 e. The Morgan fingerprint density at radius 1 is 1.44 bits per heavy atom. The predicted molar refractivity (Wildman–Crippen MR) is 42.8 cm³/mol. The van der Waals surface area contributed by atoms with Crippen LogP contribution in [0.3, 0.4) is 0 Å². The smallest absolute Gasteiger partial charge is 0.207 e. The van der Waals surface area contributed by atoms with Gasteiger partial charge in [0, 0.05) is 7.11 Å². The molecule has 0 aromatic rings. The minimum absolute atomic E-state index is 0.535. The second-order valence-electron chi connectivity index (χ2n) is 2.25. The standard InChI is InChI=1S/C4H12O2Si.C2H4/c1-6-4-7(2,3)5;1-2/h5H,4H2,1-3H3;1-2H2. The zero-order valence-corrected chi connectivity index (χ0v) is 7.48. The van der Waals surface area contributed by atoms with Crippen LogP contribution in [0.4, 0.5) is 0 Å². The second kappa shape index (κ2) is 6.00. The third kappa shape index (κ3) is 18.1. The van der Waals surface area contributed by atoms with Gasteiger partial charge in [0.15, 0.2) is 0 Å². The van der Waals surface area contributed by atoms with Gasteiger partial charge in [-0.15, -0.1) is 13.2 Å². The van der Waals surface area contributed by atoms with Crippen LogP contribution in [-0.4, -0.2) is 26.5 Å². The summed E-state index contributed by atoms with van der Waals surface area (Å²) >= 11 is 0. The minimum atomic E-state index is -1.88. The Balaban J connectivity index is 0. The number of hydrogen-bond acceptors (Lipinski definition) is 2. The highest BCUT2D eigenvalue weighted by Crippen LogP contribution is 1.93. The lowest BCUT2D eigenvalue weighted by molar-refractivity contribution is 0.232. The van der Waals surface area contributed by atoms with Crippen molar-refractivity contribution >= 4 is 8.32 Å². The molecule has 56 valence electrons. The van der Waals surface area contributed by atoms with E-state index in [1.165, 1.54) is 0 Å². The zero-order chi connectivity index (χ0) is 7.91. The van der Waals surface area contributed by atoms with Crippen LogP contribution in [0, 0.1) is 0 Å². The highest BCUT2D eigenvalue weighted by molar-refractivity contribution is 6.69. The maximum Gasteiger partial charge on any atom is 0.207 e. The summed E-state index contributed by atoms with van der Waals surface area (Å²) < 4.78 is 4.72. The van der Waals surface area contributed by atoms with Crippen molar-refractivity contribution in [1.82, 2.24) is 0 Å². The van der Waals surface area contributed by atoms with Crippen molar-refractivity contribution in [2.45, 2.75) is 13.1 Å². The molecule has 0 saturated heterocycles. The second-order valence-corrected chi connectivity index (χ2v) is 6.16. The van der Waals surface area contributed by atoms with E-state index < -0.39 is 8.32 Å². The van der Waals surface area contributed by atoms with Crippen LogP contribution in [0.1, 0.15) is 0 Å². The quantitative estimate of drug-likeness (QED) is 0.470. The summed E-state index contributed by atoms with van der Waals surface area (Å²) in [5.74, 6) is 0. The lowest BCUT2D eigenvalue weighted by Crippen LogP contribution is -2.31. The molecule has 0 bridgehead atoms. The van der Waals surface area contributed by atoms with Crippen LogP contribution in [0.2, 0.25) is 13.1 Å². The summed E-state index contributed by atoms with van der Waals surface area (Å²) in [5.41, 5.74) is 0. The molecule has 0 atom stereocenters. The minimum Gasteiger partial charge on any atom is -0.430 e. The van der Waals surface area contributed by atoms with E-state index in [0.717, 1.165) is 0 Å². The lowest BCUT2D eigenvalue weighted by atomic mass is 11.3. The lowest BCUT2D eigenvalue weighted by Gasteiger charge is -2.10. The summed E-state index contributed by atoms with van der Waals surface area (Å²) in [5, 5.41) is 0. The third-order valence-corrected chi connectivity index (χ3v) is 1.49. The van der Waals surface area contributed by atoms with E-state index in [4.69, 9.17) is 9.53 Å². The highest BCUT2D eigenvalue weighted by Gasteiger charge is 2.14. The van der Waals surface area contributed by atoms with Gasteiger partial charge in [-0.2, -0.15) is 0 Å². The molecule has 9 heavy (non-hydrogen) atoms. The van der Waals surface area contributed by atoms with Crippen molar-refractivity contribution in [1.29, 1.82) is 0 Å². The van der Waals surface area contributed by atoms with Crippen molar-refractivity contribution < 1.29 is 9.53 Å². The molecule has 0 aliphatic rings. The summed E-state index contributed by atoms with van der Waals surface area (Å²) in [7, 11) is -0.277. The molecule has 0 aromatic heterocycles. The number of hydrogen-bond donors (Lipinski definition) is 1. The van der Waals surface area contributed by atoms with E-state index in [0.29, 0.717) is 6.23 Å². The molecule has 3 heteroatoms. The molecule has 0 spiro atoms. The fourth-order valence-corrected chi connectivity index (χ4v) is 1.06. The van der Waals surface area contributed by atoms with Crippen molar-refractivity contribution in [3.8, 4) is 0 Å². The maximum absolute atomic E-state index is 9.03. The van der Waals surface area contributed by atoms with Gasteiger partial charge in [0.25, 0.3) is 0 Å². The first-order valence-electron chi connectivity index (χ1n) is 2.77. The van der Waals surface area contributed by atoms with Crippen molar-refractivity contribution in [2.24, 2.45) is 0 Å². The SMILES string of the molecule is C=C.COC[Si](C)(C)O. The van der Waals surface area contributed by atoms with Gasteiger partial charge in [-0.1, -0.05) is 0 Å². The van der Waals surface area contributed by atoms with E-state index in [2.05, 4.69) is 13.2 Å². The Morgan fingerprint density at radius 3 is 1.78 bits per heavy atom. The Labute approximate surface area is 58.3 Å². The molecule has 0 heterocycles. The first kappa shape index (κ1) is 11.6. The van der Waals surface area contributed by atoms with Crippen molar-refractivity contribution in [2.75, 3.05) is 13.3 Å². The van der Waals surface area contributed by atoms with E-state index in [1.807, 2.05) is 13.1 Å². The van der Waals surface area contributed by atoms with Gasteiger partial charge in [-0.05, 0) is 13.1 Å². The summed E-state index contributed by atoms with van der Waals surface area (Å²) in [4.78, 5) is 9.03. The number of ether oxygens (including phenoxy) is 1. The summed E-state index contributed by atoms with van der Waals surface area (Å²) in [6.45, 7) is 9.69. The predicted octanol–water partition coefficient (Wildman–Crippen LogP) is 1.17. The fraction of sp³-hybridized carbons (Fsp3) is 0.667. The van der Waals surface area contributed by atoms with E-state index in [9.17, 15) is 0 Å². The average molecular weight is 148 g/mol. The molecule has 0 fully saturated rings. The average Bonchev–Trinajstić information content (AvgIpc) is 1.69. The molecule has 0 aromatic carbocycles. The Bertz CT molecular complexity index is 58.6. The van der Waals surface area contributed by atoms with Gasteiger partial charge >= 0.3 is 0 Å². The molecule has 0 aliphatic heterocycles. The van der Waals surface area contributed by atoms with Crippen LogP contribution < -0.4 is 0 Å². The molecule has 0 unspecified atom stereocenters. The monoisotopic (exact) mass is 148 g/mol. The first-order valence-corrected chi connectivity index (χ1v) is 5.93. The van der Waals surface area contributed by atoms with Crippen LogP contribution in [0.25, 0.3) is 0 Å². The number of methoxy groups -OCH3 is 1. The molecule has 0 radical (unpaired) electrons. The highest BCUT2D eigenvalue weighted by atomic mass is 28.4. The third-order valence-electron chi connectivity index (χ3n) is 0.498. The molecular weight excluding hydrogens is 132 g/mol. The van der Waals surface area contributed by atoms with Crippen LogP contribution in [-0.2, 0) is 4.74 Å². The molecule has 0 saturated carbocycles. The van der Waals surface area contributed by atoms with Gasteiger partial charge in [0.05, 0.1) is 6.23 Å². The molecule has 0 rings (SSSR count). The van der Waals surface area contributed by atoms with E-state index >= 15 is 0 Å². The van der Waals surface area contributed by atoms with Crippen LogP contribution in [0.15, 0.2) is 13.2 Å². The van der Waals surface area contributed by atoms with Crippen molar-refractivity contribution in [3.63, 3.8) is 0 Å². The first-order chi connectivity index (χ1) is 4.06. The summed E-state index contributed by atoms with van der Waals surface area (Å²) in [6.07, 6.45) is 0.535.